The van der Waals surface area contributed by atoms with Gasteiger partial charge in [-0.3, -0.25) is 0 Å². The highest BCUT2D eigenvalue weighted by Crippen LogP contribution is 2.48. The van der Waals surface area contributed by atoms with Crippen molar-refractivity contribution in [2.24, 2.45) is 5.92 Å². The Labute approximate surface area is 215 Å². The Balaban J connectivity index is 1.32. The molecule has 3 heterocycles. The summed E-state index contributed by atoms with van der Waals surface area (Å²) in [6.07, 6.45) is 2.40. The van der Waals surface area contributed by atoms with Crippen molar-refractivity contribution >= 4 is 28.7 Å². The quantitative estimate of drug-likeness (QED) is 0.342. The van der Waals surface area contributed by atoms with Crippen LogP contribution < -0.4 is 5.32 Å². The van der Waals surface area contributed by atoms with Crippen LogP contribution in [0.5, 0.6) is 0 Å². The lowest BCUT2D eigenvalue weighted by molar-refractivity contribution is -0.162. The van der Waals surface area contributed by atoms with Gasteiger partial charge in [-0.1, -0.05) is 53.7 Å². The number of benzene rings is 1. The molecule has 9 nitrogen and oxygen atoms in total. The third-order valence-electron chi connectivity index (χ3n) is 7.46. The van der Waals surface area contributed by atoms with Crippen molar-refractivity contribution in [2.75, 3.05) is 17.7 Å². The number of nitrogens with one attached hydrogen (secondary N) is 1. The molecule has 0 amide bonds. The summed E-state index contributed by atoms with van der Waals surface area (Å²) in [4.78, 5) is 9.74. The number of anilines is 1. The summed E-state index contributed by atoms with van der Waals surface area (Å²) in [5.74, 6) is 1.43. The normalized spacial score (nSPS) is 30.6. The van der Waals surface area contributed by atoms with Crippen LogP contribution in [0.1, 0.15) is 63.1 Å². The van der Waals surface area contributed by atoms with Gasteiger partial charge in [0.05, 0.1) is 12.1 Å². The molecule has 2 aromatic heterocycles. The zero-order chi connectivity index (χ0) is 25.0. The van der Waals surface area contributed by atoms with Crippen LogP contribution in [0, 0.1) is 12.8 Å². The fourth-order valence-electron chi connectivity index (χ4n) is 5.58. The van der Waals surface area contributed by atoms with Crippen LogP contribution in [0.15, 0.2) is 29.4 Å². The van der Waals surface area contributed by atoms with Gasteiger partial charge in [0.25, 0.3) is 0 Å². The molecule has 6 atom stereocenters. The van der Waals surface area contributed by atoms with Crippen LogP contribution in [-0.2, 0) is 9.47 Å². The third-order valence-corrected chi connectivity index (χ3v) is 8.51. The Morgan fingerprint density at radius 3 is 2.67 bits per heavy atom. The minimum Gasteiger partial charge on any atom is -0.396 e. The molecule has 0 radical (unpaired) electrons. The molecule has 3 aliphatic rings. The molecule has 2 aliphatic carbocycles. The van der Waals surface area contributed by atoms with E-state index >= 15 is 0 Å². The highest BCUT2D eigenvalue weighted by Gasteiger charge is 2.55. The van der Waals surface area contributed by atoms with Crippen molar-refractivity contribution in [3.05, 3.63) is 35.4 Å². The molecule has 0 spiro atoms. The van der Waals surface area contributed by atoms with Crippen molar-refractivity contribution in [1.29, 1.82) is 0 Å². The Hall–Kier alpha value is -2.27. The van der Waals surface area contributed by atoms with Gasteiger partial charge in [-0.05, 0) is 45.6 Å². The SMILES string of the molecule is CCCSc1nc(NC2CC2c2ccc(C)cc2)c2nnn(C3CC(CO)C4OC(C)(C)OC43)c2n1. The molecule has 3 fully saturated rings. The summed E-state index contributed by atoms with van der Waals surface area (Å²) < 4.78 is 14.3. The van der Waals surface area contributed by atoms with Crippen molar-refractivity contribution in [3.63, 3.8) is 0 Å². The van der Waals surface area contributed by atoms with Crippen molar-refractivity contribution in [3.8, 4) is 0 Å². The monoisotopic (exact) mass is 510 g/mol. The van der Waals surface area contributed by atoms with Crippen LogP contribution in [0.4, 0.5) is 5.82 Å². The van der Waals surface area contributed by atoms with Crippen LogP contribution in [0.2, 0.25) is 0 Å². The van der Waals surface area contributed by atoms with E-state index in [1.54, 1.807) is 11.8 Å². The van der Waals surface area contributed by atoms with Gasteiger partial charge in [0, 0.05) is 30.2 Å². The summed E-state index contributed by atoms with van der Waals surface area (Å²) in [7, 11) is 0. The average molecular weight is 511 g/mol. The third kappa shape index (κ3) is 4.38. The first kappa shape index (κ1) is 24.1. The van der Waals surface area contributed by atoms with Crippen molar-refractivity contribution in [2.45, 2.75) is 88.1 Å². The van der Waals surface area contributed by atoms with E-state index in [2.05, 4.69) is 53.7 Å². The van der Waals surface area contributed by atoms with E-state index in [-0.39, 0.29) is 30.8 Å². The lowest BCUT2D eigenvalue weighted by Gasteiger charge is -2.23. The van der Waals surface area contributed by atoms with Gasteiger partial charge in [0.1, 0.15) is 6.10 Å². The number of ether oxygens (including phenoxy) is 2. The summed E-state index contributed by atoms with van der Waals surface area (Å²) >= 11 is 1.65. The Morgan fingerprint density at radius 1 is 1.14 bits per heavy atom. The van der Waals surface area contributed by atoms with E-state index in [0.29, 0.717) is 29.5 Å². The van der Waals surface area contributed by atoms with Gasteiger partial charge in [-0.15, -0.1) is 5.10 Å². The first-order valence-corrected chi connectivity index (χ1v) is 13.9. The zero-order valence-corrected chi connectivity index (χ0v) is 22.0. The molecule has 6 rings (SSSR count). The van der Waals surface area contributed by atoms with Crippen molar-refractivity contribution in [1.82, 2.24) is 25.0 Å². The van der Waals surface area contributed by atoms with E-state index in [4.69, 9.17) is 19.4 Å². The number of nitrogens with zero attached hydrogens (tertiary/aromatic N) is 5. The maximum atomic E-state index is 10.0. The highest BCUT2D eigenvalue weighted by atomic mass is 32.2. The molecule has 2 N–H and O–H groups in total. The second kappa shape index (κ2) is 9.24. The molecule has 1 aliphatic heterocycles. The number of hydrogen-bond acceptors (Lipinski definition) is 9. The Kier molecular flexibility index (Phi) is 6.18. The Bertz CT molecular complexity index is 1250. The zero-order valence-electron chi connectivity index (χ0n) is 21.2. The van der Waals surface area contributed by atoms with E-state index in [1.165, 1.54) is 11.1 Å². The summed E-state index contributed by atoms with van der Waals surface area (Å²) in [6.45, 7) is 8.15. The fourth-order valence-corrected chi connectivity index (χ4v) is 6.27. The van der Waals surface area contributed by atoms with Gasteiger partial charge < -0.3 is 19.9 Å². The topological polar surface area (TPSA) is 107 Å². The number of aromatic nitrogens is 5. The van der Waals surface area contributed by atoms with Gasteiger partial charge in [-0.2, -0.15) is 0 Å². The lowest BCUT2D eigenvalue weighted by Crippen LogP contribution is -2.28. The predicted octanol–water partition coefficient (Wildman–Crippen LogP) is 4.07. The van der Waals surface area contributed by atoms with E-state index in [1.807, 2.05) is 18.5 Å². The molecule has 1 saturated heterocycles. The largest absolute Gasteiger partial charge is 0.396 e. The van der Waals surface area contributed by atoms with Gasteiger partial charge in [0.2, 0.25) is 0 Å². The average Bonchev–Trinajstić information content (AvgIpc) is 3.18. The maximum Gasteiger partial charge on any atom is 0.191 e. The molecule has 0 bridgehead atoms. The van der Waals surface area contributed by atoms with Crippen LogP contribution in [0.25, 0.3) is 11.2 Å². The fraction of sp³-hybridized carbons (Fsp3) is 0.615. The maximum absolute atomic E-state index is 10.0. The standard InChI is InChI=1S/C26H34N6O3S/c1-5-10-36-25-28-23(27-18-12-17(18)15-8-6-14(2)7-9-15)20-24(29-25)32(31-30-20)19-11-16(13-33)21-22(19)35-26(3,4)34-21/h6-9,16-19,21-22,33H,5,10-13H2,1-4H3,(H,27,28,29). The molecule has 192 valence electrons. The van der Waals surface area contributed by atoms with E-state index < -0.39 is 5.79 Å². The molecule has 36 heavy (non-hydrogen) atoms. The molecule has 10 heteroatoms. The molecule has 1 aromatic carbocycles. The summed E-state index contributed by atoms with van der Waals surface area (Å²) in [6, 6.07) is 8.96. The van der Waals surface area contributed by atoms with Gasteiger partial charge in [0.15, 0.2) is 27.9 Å². The van der Waals surface area contributed by atoms with Crippen molar-refractivity contribution < 1.29 is 14.6 Å². The molecular weight excluding hydrogens is 476 g/mol. The minimum atomic E-state index is -0.696. The first-order valence-electron chi connectivity index (χ1n) is 12.9. The van der Waals surface area contributed by atoms with Gasteiger partial charge >= 0.3 is 0 Å². The second-order valence-corrected chi connectivity index (χ2v) is 11.8. The second-order valence-electron chi connectivity index (χ2n) is 10.7. The Morgan fingerprint density at radius 2 is 1.92 bits per heavy atom. The molecular formula is C26H34N6O3S. The number of aryl methyl sites for hydroxylation is 1. The van der Waals surface area contributed by atoms with Crippen LogP contribution >= 0.6 is 11.8 Å². The molecule has 6 unspecified atom stereocenters. The molecule has 2 saturated carbocycles. The number of aliphatic hydroxyl groups excluding tert-OH is 1. The number of thioether (sulfide) groups is 1. The smallest absolute Gasteiger partial charge is 0.191 e. The predicted molar refractivity (Wildman–Crippen MR) is 138 cm³/mol. The van der Waals surface area contributed by atoms with E-state index in [0.717, 1.165) is 29.6 Å². The summed E-state index contributed by atoms with van der Waals surface area (Å²) in [5, 5.41) is 23.5. The first-order chi connectivity index (χ1) is 17.4. The lowest BCUT2D eigenvalue weighted by atomic mass is 10.1. The summed E-state index contributed by atoms with van der Waals surface area (Å²) in [5.41, 5.74) is 4.00. The van der Waals surface area contributed by atoms with Gasteiger partial charge in [-0.25, -0.2) is 14.6 Å². The highest BCUT2D eigenvalue weighted by molar-refractivity contribution is 7.99. The number of hydrogen-bond donors (Lipinski definition) is 2. The minimum absolute atomic E-state index is 0.0175. The van der Waals surface area contributed by atoms with E-state index in [9.17, 15) is 5.11 Å². The molecule has 3 aromatic rings. The number of aliphatic hydroxyl groups is 1. The number of rotatable bonds is 8. The number of fused-ring (bicyclic) bond motifs is 2. The van der Waals surface area contributed by atoms with Crippen LogP contribution in [0.3, 0.4) is 0 Å². The van der Waals surface area contributed by atoms with Crippen LogP contribution in [-0.4, -0.2) is 66.5 Å².